The van der Waals surface area contributed by atoms with Crippen molar-refractivity contribution in [2.45, 2.75) is 0 Å². The molecule has 0 bridgehead atoms. The zero-order chi connectivity index (χ0) is 19.1. The number of phenols is 1. The SMILES string of the molecule is Oc1ccccc1/C=N/N=C(/C=C/c1ccccc1Cl)c1ccc(F)cc1. The highest BCUT2D eigenvalue weighted by molar-refractivity contribution is 6.32. The Morgan fingerprint density at radius 2 is 1.56 bits per heavy atom. The second-order valence-corrected chi connectivity index (χ2v) is 6.06. The Labute approximate surface area is 161 Å². The van der Waals surface area contributed by atoms with Crippen LogP contribution in [0.5, 0.6) is 5.75 Å². The monoisotopic (exact) mass is 378 g/mol. The first-order valence-corrected chi connectivity index (χ1v) is 8.59. The summed E-state index contributed by atoms with van der Waals surface area (Å²) < 4.78 is 13.2. The molecule has 0 aliphatic heterocycles. The minimum atomic E-state index is -0.328. The molecule has 0 aliphatic carbocycles. The molecule has 0 saturated heterocycles. The van der Waals surface area contributed by atoms with Crippen LogP contribution < -0.4 is 0 Å². The van der Waals surface area contributed by atoms with E-state index >= 15 is 0 Å². The third kappa shape index (κ3) is 5.12. The number of aromatic hydroxyl groups is 1. The number of allylic oxidation sites excluding steroid dienone is 1. The quantitative estimate of drug-likeness (QED) is 0.447. The van der Waals surface area contributed by atoms with Crippen LogP contribution in [0, 0.1) is 5.82 Å². The second kappa shape index (κ2) is 8.92. The van der Waals surface area contributed by atoms with E-state index in [0.717, 1.165) is 5.56 Å². The average Bonchev–Trinajstić information content (AvgIpc) is 2.68. The Hall–Kier alpha value is -3.24. The van der Waals surface area contributed by atoms with Gasteiger partial charge in [-0.25, -0.2) is 4.39 Å². The second-order valence-electron chi connectivity index (χ2n) is 5.65. The number of hydrogen-bond donors (Lipinski definition) is 1. The fourth-order valence-corrected chi connectivity index (χ4v) is 2.54. The van der Waals surface area contributed by atoms with Crippen LogP contribution in [0.2, 0.25) is 5.02 Å². The highest BCUT2D eigenvalue weighted by atomic mass is 35.5. The van der Waals surface area contributed by atoms with E-state index in [0.29, 0.717) is 21.9 Å². The lowest BCUT2D eigenvalue weighted by Gasteiger charge is -2.01. The summed E-state index contributed by atoms with van der Waals surface area (Å²) in [6.45, 7) is 0. The Morgan fingerprint density at radius 1 is 0.889 bits per heavy atom. The van der Waals surface area contributed by atoms with Crippen LogP contribution in [-0.2, 0) is 0 Å². The largest absolute Gasteiger partial charge is 0.507 e. The Bertz CT molecular complexity index is 1010. The molecular formula is C22H16ClFN2O. The molecule has 1 N–H and O–H groups in total. The van der Waals surface area contributed by atoms with Crippen molar-refractivity contribution in [1.82, 2.24) is 0 Å². The summed E-state index contributed by atoms with van der Waals surface area (Å²) in [6.07, 6.45) is 5.04. The lowest BCUT2D eigenvalue weighted by Crippen LogP contribution is -1.96. The molecule has 0 heterocycles. The minimum absolute atomic E-state index is 0.117. The molecule has 0 unspecified atom stereocenters. The summed E-state index contributed by atoms with van der Waals surface area (Å²) in [7, 11) is 0. The van der Waals surface area contributed by atoms with E-state index in [2.05, 4.69) is 10.2 Å². The van der Waals surface area contributed by atoms with Crippen molar-refractivity contribution >= 4 is 29.6 Å². The van der Waals surface area contributed by atoms with Crippen LogP contribution in [0.3, 0.4) is 0 Å². The van der Waals surface area contributed by atoms with Crippen molar-refractivity contribution in [3.63, 3.8) is 0 Å². The van der Waals surface area contributed by atoms with Crippen molar-refractivity contribution < 1.29 is 9.50 Å². The first kappa shape index (κ1) is 18.5. The topological polar surface area (TPSA) is 45.0 Å². The number of phenolic OH excluding ortho intramolecular Hbond substituents is 1. The van der Waals surface area contributed by atoms with Gasteiger partial charge in [-0.2, -0.15) is 10.2 Å². The molecule has 27 heavy (non-hydrogen) atoms. The van der Waals surface area contributed by atoms with E-state index in [4.69, 9.17) is 11.6 Å². The van der Waals surface area contributed by atoms with Gasteiger partial charge in [0, 0.05) is 16.1 Å². The summed E-state index contributed by atoms with van der Waals surface area (Å²) in [5.74, 6) is -0.211. The number of halogens is 2. The predicted molar refractivity (Wildman–Crippen MR) is 109 cm³/mol. The van der Waals surface area contributed by atoms with Crippen LogP contribution in [-0.4, -0.2) is 17.0 Å². The summed E-state index contributed by atoms with van der Waals surface area (Å²) >= 11 is 6.18. The lowest BCUT2D eigenvalue weighted by molar-refractivity contribution is 0.474. The summed E-state index contributed by atoms with van der Waals surface area (Å²) in [4.78, 5) is 0. The Kier molecular flexibility index (Phi) is 6.13. The number of rotatable bonds is 5. The zero-order valence-electron chi connectivity index (χ0n) is 14.3. The third-order valence-electron chi connectivity index (χ3n) is 3.77. The highest BCUT2D eigenvalue weighted by Crippen LogP contribution is 2.17. The van der Waals surface area contributed by atoms with E-state index in [-0.39, 0.29) is 11.6 Å². The molecule has 3 nitrogen and oxygen atoms in total. The van der Waals surface area contributed by atoms with Crippen molar-refractivity contribution in [1.29, 1.82) is 0 Å². The van der Waals surface area contributed by atoms with Gasteiger partial charge in [0.1, 0.15) is 11.6 Å². The van der Waals surface area contributed by atoms with Gasteiger partial charge in [-0.3, -0.25) is 0 Å². The molecule has 0 spiro atoms. The van der Waals surface area contributed by atoms with Gasteiger partial charge < -0.3 is 5.11 Å². The Morgan fingerprint density at radius 3 is 2.26 bits per heavy atom. The average molecular weight is 379 g/mol. The zero-order valence-corrected chi connectivity index (χ0v) is 15.0. The standard InChI is InChI=1S/C22H16ClFN2O/c23-20-7-3-1-5-16(20)11-14-21(17-9-12-19(24)13-10-17)26-25-15-18-6-2-4-8-22(18)27/h1-15,27H/b14-11+,25-15+,26-21-. The van der Waals surface area contributed by atoms with Gasteiger partial charge >= 0.3 is 0 Å². The van der Waals surface area contributed by atoms with Crippen LogP contribution >= 0.6 is 11.6 Å². The molecule has 0 fully saturated rings. The molecular weight excluding hydrogens is 363 g/mol. The van der Waals surface area contributed by atoms with Gasteiger partial charge in [0.15, 0.2) is 0 Å². The van der Waals surface area contributed by atoms with Gasteiger partial charge in [-0.05, 0) is 54.1 Å². The molecule has 0 aliphatic rings. The molecule has 0 amide bonds. The maximum Gasteiger partial charge on any atom is 0.124 e. The predicted octanol–water partition coefficient (Wildman–Crippen LogP) is 5.72. The molecule has 0 atom stereocenters. The Balaban J connectivity index is 1.93. The van der Waals surface area contributed by atoms with E-state index in [1.54, 1.807) is 48.5 Å². The van der Waals surface area contributed by atoms with Crippen molar-refractivity contribution in [3.05, 3.63) is 106 Å². The van der Waals surface area contributed by atoms with Crippen molar-refractivity contribution in [2.75, 3.05) is 0 Å². The smallest absolute Gasteiger partial charge is 0.124 e. The molecule has 3 aromatic rings. The van der Waals surface area contributed by atoms with Gasteiger partial charge in [0.05, 0.1) is 11.9 Å². The number of hydrogen-bond acceptors (Lipinski definition) is 3. The van der Waals surface area contributed by atoms with Gasteiger partial charge in [0.2, 0.25) is 0 Å². The van der Waals surface area contributed by atoms with Crippen LogP contribution in [0.1, 0.15) is 16.7 Å². The summed E-state index contributed by atoms with van der Waals surface area (Å²) in [6, 6.07) is 20.2. The van der Waals surface area contributed by atoms with Gasteiger partial charge in [-0.1, -0.05) is 48.0 Å². The lowest BCUT2D eigenvalue weighted by atomic mass is 10.1. The first-order chi connectivity index (χ1) is 13.1. The molecule has 0 saturated carbocycles. The maximum atomic E-state index is 13.2. The maximum absolute atomic E-state index is 13.2. The van der Waals surface area contributed by atoms with E-state index in [9.17, 15) is 9.50 Å². The van der Waals surface area contributed by atoms with Gasteiger partial charge in [-0.15, -0.1) is 0 Å². The molecule has 3 rings (SSSR count). The van der Waals surface area contributed by atoms with E-state index < -0.39 is 0 Å². The van der Waals surface area contributed by atoms with E-state index in [1.165, 1.54) is 18.3 Å². The first-order valence-electron chi connectivity index (χ1n) is 8.21. The summed E-state index contributed by atoms with van der Waals surface area (Å²) in [5.41, 5.74) is 2.61. The third-order valence-corrected chi connectivity index (χ3v) is 4.11. The molecule has 134 valence electrons. The molecule has 0 radical (unpaired) electrons. The van der Waals surface area contributed by atoms with E-state index in [1.807, 2.05) is 24.3 Å². The number of benzene rings is 3. The molecule has 5 heteroatoms. The highest BCUT2D eigenvalue weighted by Gasteiger charge is 2.02. The molecule has 3 aromatic carbocycles. The van der Waals surface area contributed by atoms with Crippen LogP contribution in [0.4, 0.5) is 4.39 Å². The van der Waals surface area contributed by atoms with Crippen molar-refractivity contribution in [2.24, 2.45) is 10.2 Å². The number of nitrogens with zero attached hydrogens (tertiary/aromatic N) is 2. The van der Waals surface area contributed by atoms with Crippen LogP contribution in [0.25, 0.3) is 6.08 Å². The number of para-hydroxylation sites is 1. The van der Waals surface area contributed by atoms with Crippen molar-refractivity contribution in [3.8, 4) is 5.75 Å². The minimum Gasteiger partial charge on any atom is -0.507 e. The van der Waals surface area contributed by atoms with Gasteiger partial charge in [0.25, 0.3) is 0 Å². The fourth-order valence-electron chi connectivity index (χ4n) is 2.34. The normalized spacial score (nSPS) is 12.1. The fraction of sp³-hybridized carbons (Fsp3) is 0. The van der Waals surface area contributed by atoms with Crippen LogP contribution in [0.15, 0.2) is 89.1 Å². The molecule has 0 aromatic heterocycles. The summed E-state index contributed by atoms with van der Waals surface area (Å²) in [5, 5.41) is 18.7.